The average Bonchev–Trinajstić information content (AvgIpc) is 2.81. The van der Waals surface area contributed by atoms with E-state index in [1.807, 2.05) is 24.3 Å². The summed E-state index contributed by atoms with van der Waals surface area (Å²) in [6, 6.07) is 14.0. The van der Waals surface area contributed by atoms with E-state index in [9.17, 15) is 9.59 Å². The summed E-state index contributed by atoms with van der Waals surface area (Å²) < 4.78 is 9.23. The zero-order valence-corrected chi connectivity index (χ0v) is 16.3. The highest BCUT2D eigenvalue weighted by atomic mass is 16.5. The van der Waals surface area contributed by atoms with Crippen LogP contribution in [0.4, 0.5) is 0 Å². The second-order valence-electron chi connectivity index (χ2n) is 5.92. The third kappa shape index (κ3) is 5.31. The van der Waals surface area contributed by atoms with Crippen molar-refractivity contribution in [3.8, 4) is 23.7 Å². The summed E-state index contributed by atoms with van der Waals surface area (Å²) in [6.07, 6.45) is 3.05. The van der Waals surface area contributed by atoms with Crippen LogP contribution in [0.5, 0.6) is 0 Å². The first kappa shape index (κ1) is 20.3. The van der Waals surface area contributed by atoms with Gasteiger partial charge in [0.15, 0.2) is 0 Å². The molecule has 2 heterocycles. The van der Waals surface area contributed by atoms with Gasteiger partial charge in [-0.1, -0.05) is 23.7 Å². The number of carbonyl (C=O) groups excluding carboxylic acids is 2. The van der Waals surface area contributed by atoms with E-state index in [2.05, 4.69) is 43.1 Å². The lowest BCUT2D eigenvalue weighted by atomic mass is 10.1. The van der Waals surface area contributed by atoms with Gasteiger partial charge >= 0.3 is 11.9 Å². The number of hydrogen-bond acceptors (Lipinski definition) is 6. The summed E-state index contributed by atoms with van der Waals surface area (Å²) >= 11 is 0. The highest BCUT2D eigenvalue weighted by Gasteiger charge is 2.06. The normalized spacial score (nSPS) is 9.40. The molecule has 0 aliphatic rings. The van der Waals surface area contributed by atoms with Crippen molar-refractivity contribution in [1.29, 1.82) is 0 Å². The van der Waals surface area contributed by atoms with Crippen LogP contribution in [0.2, 0.25) is 0 Å². The highest BCUT2D eigenvalue weighted by Crippen LogP contribution is 2.05. The molecule has 0 aliphatic carbocycles. The second kappa shape index (κ2) is 9.68. The molecule has 2 aromatic heterocycles. The third-order valence-electron chi connectivity index (χ3n) is 3.90. The van der Waals surface area contributed by atoms with Gasteiger partial charge in [0.05, 0.1) is 14.2 Å². The van der Waals surface area contributed by atoms with Gasteiger partial charge in [-0.15, -0.1) is 0 Å². The zero-order chi connectivity index (χ0) is 21.3. The third-order valence-corrected chi connectivity index (χ3v) is 3.90. The predicted molar refractivity (Wildman–Crippen MR) is 110 cm³/mol. The molecule has 0 saturated heterocycles. The molecule has 30 heavy (non-hydrogen) atoms. The lowest BCUT2D eigenvalue weighted by Gasteiger charge is -1.97. The van der Waals surface area contributed by atoms with Crippen LogP contribution in [0.1, 0.15) is 43.2 Å². The van der Waals surface area contributed by atoms with Crippen LogP contribution in [0.25, 0.3) is 0 Å². The fraction of sp³-hybridized carbons (Fsp3) is 0.0833. The lowest BCUT2D eigenvalue weighted by Crippen LogP contribution is -2.03. The van der Waals surface area contributed by atoms with Gasteiger partial charge in [-0.05, 0) is 48.5 Å². The zero-order valence-electron chi connectivity index (χ0n) is 16.3. The Morgan fingerprint density at radius 3 is 1.23 bits per heavy atom. The lowest BCUT2D eigenvalue weighted by molar-refractivity contribution is 0.0585. The number of pyridine rings is 2. The molecule has 6 heteroatoms. The summed E-state index contributed by atoms with van der Waals surface area (Å²) in [7, 11) is 2.62. The van der Waals surface area contributed by atoms with E-state index in [0.717, 1.165) is 11.1 Å². The average molecular weight is 396 g/mol. The number of aromatic nitrogens is 2. The number of ether oxygens (including phenoxy) is 2. The first-order valence-corrected chi connectivity index (χ1v) is 8.82. The van der Waals surface area contributed by atoms with Gasteiger partial charge in [0.25, 0.3) is 0 Å². The number of nitrogens with zero attached hydrogens (tertiary/aromatic N) is 2. The molecule has 146 valence electrons. The Morgan fingerprint density at radius 2 is 0.933 bits per heavy atom. The Balaban J connectivity index is 1.66. The van der Waals surface area contributed by atoms with Crippen molar-refractivity contribution in [2.45, 2.75) is 0 Å². The Labute approximate surface area is 173 Å². The molecule has 0 unspecified atom stereocenters. The number of benzene rings is 1. The summed E-state index contributed by atoms with van der Waals surface area (Å²) in [4.78, 5) is 30.8. The molecular weight excluding hydrogens is 380 g/mol. The summed E-state index contributed by atoms with van der Waals surface area (Å²) in [5.41, 5.74) is 3.49. The molecule has 6 nitrogen and oxygen atoms in total. The summed E-state index contributed by atoms with van der Waals surface area (Å²) in [5, 5.41) is 0. The quantitative estimate of drug-likeness (QED) is 0.490. The van der Waals surface area contributed by atoms with Crippen LogP contribution in [0, 0.1) is 23.7 Å². The fourth-order valence-electron chi connectivity index (χ4n) is 2.31. The van der Waals surface area contributed by atoms with Crippen molar-refractivity contribution >= 4 is 11.9 Å². The fourth-order valence-corrected chi connectivity index (χ4v) is 2.31. The van der Waals surface area contributed by atoms with Gasteiger partial charge in [-0.25, -0.2) is 19.6 Å². The molecule has 1 aromatic carbocycles. The molecule has 0 saturated carbocycles. The van der Waals surface area contributed by atoms with E-state index in [1.54, 1.807) is 24.3 Å². The number of carbonyl (C=O) groups is 2. The van der Waals surface area contributed by atoms with E-state index in [-0.39, 0.29) is 11.4 Å². The maximum absolute atomic E-state index is 11.4. The minimum atomic E-state index is -0.485. The van der Waals surface area contributed by atoms with Gasteiger partial charge in [0.2, 0.25) is 0 Å². The minimum absolute atomic E-state index is 0.237. The number of esters is 2. The Morgan fingerprint density at radius 1 is 0.600 bits per heavy atom. The molecule has 0 spiro atoms. The van der Waals surface area contributed by atoms with E-state index >= 15 is 0 Å². The van der Waals surface area contributed by atoms with E-state index < -0.39 is 11.9 Å². The Bertz CT molecular complexity index is 1080. The minimum Gasteiger partial charge on any atom is -0.464 e. The second-order valence-corrected chi connectivity index (χ2v) is 5.92. The summed E-state index contributed by atoms with van der Waals surface area (Å²) in [6.45, 7) is 0. The van der Waals surface area contributed by atoms with Crippen LogP contribution in [-0.2, 0) is 9.47 Å². The molecule has 0 amide bonds. The molecule has 0 N–H and O–H groups in total. The van der Waals surface area contributed by atoms with E-state index in [4.69, 9.17) is 0 Å². The van der Waals surface area contributed by atoms with Crippen LogP contribution in [-0.4, -0.2) is 36.1 Å². The van der Waals surface area contributed by atoms with Crippen LogP contribution < -0.4 is 0 Å². The van der Waals surface area contributed by atoms with Crippen LogP contribution in [0.3, 0.4) is 0 Å². The SMILES string of the molecule is COC(=O)c1ccc(C#Cc2ccc(C#Cc3ccc(C(=O)OC)nc3)cc2)cn1. The van der Waals surface area contributed by atoms with Gasteiger partial charge in [-0.3, -0.25) is 0 Å². The molecule has 0 radical (unpaired) electrons. The number of hydrogen-bond donors (Lipinski definition) is 0. The maximum atomic E-state index is 11.4. The van der Waals surface area contributed by atoms with Crippen LogP contribution in [0.15, 0.2) is 60.9 Å². The Kier molecular flexibility index (Phi) is 6.55. The molecule has 0 aliphatic heterocycles. The monoisotopic (exact) mass is 396 g/mol. The van der Waals surface area contributed by atoms with E-state index in [0.29, 0.717) is 11.1 Å². The largest absolute Gasteiger partial charge is 0.464 e. The maximum Gasteiger partial charge on any atom is 0.356 e. The smallest absolute Gasteiger partial charge is 0.356 e. The first-order valence-electron chi connectivity index (χ1n) is 8.82. The van der Waals surface area contributed by atoms with Crippen molar-refractivity contribution in [1.82, 2.24) is 9.97 Å². The molecule has 0 bridgehead atoms. The summed E-state index contributed by atoms with van der Waals surface area (Å²) in [5.74, 6) is 11.1. The van der Waals surface area contributed by atoms with Crippen molar-refractivity contribution in [2.75, 3.05) is 14.2 Å². The number of rotatable bonds is 2. The van der Waals surface area contributed by atoms with Crippen LogP contribution >= 0.6 is 0 Å². The van der Waals surface area contributed by atoms with Crippen molar-refractivity contribution in [3.63, 3.8) is 0 Å². The first-order chi connectivity index (χ1) is 14.6. The molecule has 3 aromatic rings. The van der Waals surface area contributed by atoms with Crippen molar-refractivity contribution < 1.29 is 19.1 Å². The molecule has 0 atom stereocenters. The standard InChI is InChI=1S/C24H16N2O4/c1-29-23(27)21-13-11-19(15-25-21)9-7-17-3-5-18(6-4-17)8-10-20-12-14-22(26-16-20)24(28)30-2/h3-6,11-16H,1-2H3. The van der Waals surface area contributed by atoms with Gasteiger partial charge in [-0.2, -0.15) is 0 Å². The molecule has 3 rings (SSSR count). The van der Waals surface area contributed by atoms with Gasteiger partial charge in [0, 0.05) is 34.6 Å². The van der Waals surface area contributed by atoms with Crippen molar-refractivity contribution in [3.05, 3.63) is 94.6 Å². The Hall–Kier alpha value is -4.42. The highest BCUT2D eigenvalue weighted by molar-refractivity contribution is 5.87. The van der Waals surface area contributed by atoms with Crippen molar-refractivity contribution in [2.24, 2.45) is 0 Å². The number of methoxy groups -OCH3 is 2. The van der Waals surface area contributed by atoms with Gasteiger partial charge in [0.1, 0.15) is 11.4 Å². The topological polar surface area (TPSA) is 78.4 Å². The predicted octanol–water partition coefficient (Wildman–Crippen LogP) is 2.85. The molecular formula is C24H16N2O4. The van der Waals surface area contributed by atoms with E-state index in [1.165, 1.54) is 26.6 Å². The van der Waals surface area contributed by atoms with Gasteiger partial charge < -0.3 is 9.47 Å². The molecule has 0 fully saturated rings.